The van der Waals surface area contributed by atoms with Gasteiger partial charge in [-0.3, -0.25) is 42.7 Å². The fourth-order valence-electron chi connectivity index (χ4n) is 13.0. The van der Waals surface area contributed by atoms with E-state index in [4.69, 9.17) is 56.5 Å². The average molecular weight is 1540 g/mol. The SMILES string of the molecule is C/C=C1\C[C@H]2C=Nc3cc(O)c(OC)cc3C(=O)N2C1.C/C=C1\C[C@H]2C=Nc3cc(OCc4cc(OCCCNC)cc(COc5cc6c(cc5OC)C(=O)N5C/C(=C/C)C[C@H]5C=N6)n4)c(OC)cc3C(=O)N2C1.CNCCCOc1cc(COS(=O)(=O)c2ccc(C)cc2)cc(COS(=O)(=O)c2ccc(C)cc2)c1. The van der Waals surface area contributed by atoms with Crippen LogP contribution < -0.4 is 43.8 Å². The van der Waals surface area contributed by atoms with Crippen LogP contribution in [0.2, 0.25) is 0 Å². The highest BCUT2D eigenvalue weighted by Gasteiger charge is 2.38. The minimum Gasteiger partial charge on any atom is -0.504 e. The quantitative estimate of drug-likeness (QED) is 0.0245. The van der Waals surface area contributed by atoms with E-state index in [0.29, 0.717) is 124 Å². The molecule has 110 heavy (non-hydrogen) atoms. The minimum atomic E-state index is -3.98. The van der Waals surface area contributed by atoms with Crippen LogP contribution >= 0.6 is 0 Å². The van der Waals surface area contributed by atoms with Gasteiger partial charge in [-0.1, -0.05) is 76.4 Å². The summed E-state index contributed by atoms with van der Waals surface area (Å²) in [6.07, 6.45) is 15.6. The first kappa shape index (κ1) is 80.3. The van der Waals surface area contributed by atoms with E-state index in [0.717, 1.165) is 56.3 Å². The van der Waals surface area contributed by atoms with Crippen molar-refractivity contribution in [1.82, 2.24) is 30.3 Å². The molecule has 580 valence electrons. The predicted molar refractivity (Wildman–Crippen MR) is 418 cm³/mol. The average Bonchev–Trinajstić information content (AvgIpc) is 1.62. The summed E-state index contributed by atoms with van der Waals surface area (Å²) >= 11 is 0. The van der Waals surface area contributed by atoms with E-state index in [9.17, 15) is 36.3 Å². The molecule has 1 aromatic heterocycles. The van der Waals surface area contributed by atoms with E-state index in [-0.39, 0.29) is 83.6 Å². The number of methoxy groups -OCH3 is 3. The lowest BCUT2D eigenvalue weighted by Crippen LogP contribution is -2.35. The van der Waals surface area contributed by atoms with Crippen molar-refractivity contribution in [3.05, 3.63) is 201 Å². The van der Waals surface area contributed by atoms with E-state index in [2.05, 4.69) is 27.8 Å². The molecule has 6 aliphatic heterocycles. The standard InChI is InChI=1S/C41H46N6O7.C26H31NO7S2.C15H16N2O3/c1-6-25-11-29-19-43-34-17-38(36(50-4)15-32(34)40(48)46(29)21-25)53-23-27-13-31(52-10-8-9-42-3)14-28(45-27)24-54-39-18-35-33(16-37(39)51-5)41(49)47-22-26(7-2)12-30(47)20-44-35;1-20-5-9-25(10-6-20)35(28,29)33-18-22-15-23(17-24(16-22)32-14-4-13-27-3)19-34-36(30,31)26-11-7-21(2)8-12-26;1-3-9-4-10-7-16-12-6-13(18)14(20-2)5-11(12)15(19)17(10)8-9/h6-7,13-20,29-30,42H,8-12,21-24H2,1-5H3;5-12,15-17,27H,4,13-14,18-19H2,1-3H3;3,5-7,10,18H,4,8H2,1-2H3/b25-6+,26-7+;;9-3+/t29-,30-;;10-/m0.0/s1. The zero-order valence-corrected chi connectivity index (χ0v) is 65.0. The summed E-state index contributed by atoms with van der Waals surface area (Å²) in [5.41, 5.74) is 10.7. The van der Waals surface area contributed by atoms with Crippen molar-refractivity contribution in [3.8, 4) is 46.0 Å². The van der Waals surface area contributed by atoms with Gasteiger partial charge < -0.3 is 63.6 Å². The van der Waals surface area contributed by atoms with E-state index in [1.165, 1.54) is 54.2 Å². The summed E-state index contributed by atoms with van der Waals surface area (Å²) in [4.78, 5) is 63.9. The molecule has 3 saturated heterocycles. The number of carbonyl (C=O) groups is 3. The summed E-state index contributed by atoms with van der Waals surface area (Å²) in [7, 11) is 0.344. The molecule has 3 atom stereocenters. The van der Waals surface area contributed by atoms with Gasteiger partial charge in [0.15, 0.2) is 34.5 Å². The second kappa shape index (κ2) is 36.6. The first-order valence-electron chi connectivity index (χ1n) is 36.2. The van der Waals surface area contributed by atoms with Crippen molar-refractivity contribution in [2.24, 2.45) is 15.0 Å². The predicted octanol–water partition coefficient (Wildman–Crippen LogP) is 12.4. The molecule has 0 spiro atoms. The van der Waals surface area contributed by atoms with Gasteiger partial charge in [-0.25, -0.2) is 0 Å². The maximum absolute atomic E-state index is 13.6. The number of allylic oxidation sites excluding steroid dienone is 3. The Morgan fingerprint density at radius 2 is 0.827 bits per heavy atom. The molecule has 0 bridgehead atoms. The van der Waals surface area contributed by atoms with Gasteiger partial charge in [0.05, 0.1) is 121 Å². The smallest absolute Gasteiger partial charge is 0.297 e. The largest absolute Gasteiger partial charge is 0.504 e. The van der Waals surface area contributed by atoms with Crippen LogP contribution in [0.15, 0.2) is 175 Å². The highest BCUT2D eigenvalue weighted by molar-refractivity contribution is 7.87. The van der Waals surface area contributed by atoms with Crippen LogP contribution in [0, 0.1) is 13.8 Å². The number of phenols is 1. The van der Waals surface area contributed by atoms with E-state index in [1.54, 1.807) is 98.1 Å². The number of ether oxygens (including phenoxy) is 7. The normalized spacial score (nSPS) is 17.9. The van der Waals surface area contributed by atoms with E-state index >= 15 is 0 Å². The van der Waals surface area contributed by atoms with Gasteiger partial charge in [-0.15, -0.1) is 0 Å². The molecule has 3 fully saturated rings. The second-order valence-corrected chi connectivity index (χ2v) is 30.1. The number of amides is 3. The monoisotopic (exact) mass is 1540 g/mol. The molecule has 0 saturated carbocycles. The van der Waals surface area contributed by atoms with Crippen LogP contribution in [-0.4, -0.2) is 177 Å². The zero-order chi connectivity index (χ0) is 78.2. The Bertz CT molecular complexity index is 4730. The van der Waals surface area contributed by atoms with Crippen LogP contribution in [0.1, 0.15) is 118 Å². The van der Waals surface area contributed by atoms with Gasteiger partial charge in [0, 0.05) is 68.6 Å². The number of carbonyl (C=O) groups excluding carboxylic acids is 3. The van der Waals surface area contributed by atoms with Crippen LogP contribution in [-0.2, 0) is 55.0 Å². The molecule has 0 radical (unpaired) electrons. The number of rotatable bonds is 27. The Balaban J connectivity index is 0.000000183. The number of nitrogens with zero attached hydrogens (tertiary/aromatic N) is 7. The van der Waals surface area contributed by atoms with Crippen LogP contribution in [0.3, 0.4) is 0 Å². The Kier molecular flexibility index (Phi) is 26.7. The van der Waals surface area contributed by atoms with Gasteiger partial charge in [-0.2, -0.15) is 16.8 Å². The first-order valence-corrected chi connectivity index (χ1v) is 39.0. The molecule has 7 aromatic rings. The molecule has 28 heteroatoms. The van der Waals surface area contributed by atoms with Gasteiger partial charge in [0.25, 0.3) is 38.0 Å². The van der Waals surface area contributed by atoms with Crippen molar-refractivity contribution >= 4 is 73.7 Å². The van der Waals surface area contributed by atoms with Gasteiger partial charge in [-0.05, 0) is 160 Å². The molecule has 3 N–H and O–H groups in total. The van der Waals surface area contributed by atoms with Crippen molar-refractivity contribution in [2.75, 3.05) is 81.4 Å². The summed E-state index contributed by atoms with van der Waals surface area (Å²) in [6, 6.07) is 31.1. The third-order valence-electron chi connectivity index (χ3n) is 19.2. The molecule has 7 heterocycles. The number of benzene rings is 6. The van der Waals surface area contributed by atoms with E-state index < -0.39 is 20.2 Å². The molecule has 3 amide bonds. The molecule has 0 aliphatic carbocycles. The van der Waals surface area contributed by atoms with Crippen LogP contribution in [0.4, 0.5) is 17.1 Å². The lowest BCUT2D eigenvalue weighted by molar-refractivity contribution is 0.0769. The summed E-state index contributed by atoms with van der Waals surface area (Å²) in [5, 5.41) is 16.0. The highest BCUT2D eigenvalue weighted by Crippen LogP contribution is 2.43. The lowest BCUT2D eigenvalue weighted by Gasteiger charge is -2.20. The maximum Gasteiger partial charge on any atom is 0.297 e. The van der Waals surface area contributed by atoms with Gasteiger partial charge in [0.1, 0.15) is 24.7 Å². The van der Waals surface area contributed by atoms with Crippen LogP contribution in [0.5, 0.6) is 46.0 Å². The number of aromatic nitrogens is 1. The third kappa shape index (κ3) is 19.6. The third-order valence-corrected chi connectivity index (χ3v) is 21.8. The second-order valence-electron chi connectivity index (χ2n) is 26.9. The number of hydrogen-bond acceptors (Lipinski definition) is 23. The molecule has 26 nitrogen and oxygen atoms in total. The number of hydrogen-bond donors (Lipinski definition) is 3. The lowest BCUT2D eigenvalue weighted by atomic mass is 10.1. The van der Waals surface area contributed by atoms with Crippen molar-refractivity contribution in [1.29, 1.82) is 0 Å². The zero-order valence-electron chi connectivity index (χ0n) is 63.4. The number of aryl methyl sites for hydroxylation is 2. The molecule has 6 aliphatic rings. The molecule has 13 rings (SSSR count). The number of phenolic OH excluding ortho intramolecular Hbond substituents is 1. The maximum atomic E-state index is 13.6. The molecule has 6 aromatic carbocycles. The van der Waals surface area contributed by atoms with E-state index in [1.807, 2.05) is 89.2 Å². The fraction of sp³-hybridized carbons (Fsp3) is 0.354. The number of nitrogens with one attached hydrogen (secondary N) is 2. The van der Waals surface area contributed by atoms with Crippen molar-refractivity contribution in [3.63, 3.8) is 0 Å². The Labute approximate surface area is 642 Å². The Morgan fingerprint density at radius 3 is 1.19 bits per heavy atom. The molecular formula is C82H93N9O17S2. The molecular weight excluding hydrogens is 1450 g/mol. The number of aromatic hydroxyl groups is 1. The fourth-order valence-corrected chi connectivity index (χ4v) is 14.8. The number of aliphatic imine (C=N–C) groups is 3. The highest BCUT2D eigenvalue weighted by atomic mass is 32.2. The topological polar surface area (TPSA) is 307 Å². The summed E-state index contributed by atoms with van der Waals surface area (Å²) in [5.74, 6) is 2.83. The Morgan fingerprint density at radius 1 is 0.464 bits per heavy atom. The summed E-state index contributed by atoms with van der Waals surface area (Å²) in [6.45, 7) is 13.7. The summed E-state index contributed by atoms with van der Waals surface area (Å²) < 4.78 is 102. The number of fused-ring (bicyclic) bond motifs is 6. The number of pyridine rings is 1. The van der Waals surface area contributed by atoms with Crippen LogP contribution in [0.25, 0.3) is 0 Å². The van der Waals surface area contributed by atoms with Gasteiger partial charge in [0.2, 0.25) is 0 Å². The molecule has 0 unspecified atom stereocenters. The first-order chi connectivity index (χ1) is 53.0. The van der Waals surface area contributed by atoms with Crippen molar-refractivity contribution < 1.29 is 77.8 Å². The van der Waals surface area contributed by atoms with Crippen molar-refractivity contribution in [2.45, 2.75) is 121 Å². The van der Waals surface area contributed by atoms with Gasteiger partial charge >= 0.3 is 0 Å². The Hall–Kier alpha value is -10.8. The minimum absolute atomic E-state index is 0.00534.